The quantitative estimate of drug-likeness (QED) is 0.473. The van der Waals surface area contributed by atoms with Gasteiger partial charge in [0.05, 0.1) is 0 Å². The number of rotatable bonds is 1. The maximum Gasteiger partial charge on any atom is 0.240 e. The Morgan fingerprint density at radius 3 is 1.58 bits per heavy atom. The zero-order valence-electron chi connectivity index (χ0n) is 14.0. The van der Waals surface area contributed by atoms with Crippen LogP contribution >= 0.6 is 31.9 Å². The van der Waals surface area contributed by atoms with Crippen LogP contribution in [0.15, 0.2) is 99.2 Å². The highest BCUT2D eigenvalue weighted by Gasteiger charge is 2.46. The molecule has 0 N–H and O–H groups in total. The molecule has 4 heteroatoms. The average molecular weight is 478 g/mol. The number of benzene rings is 3. The van der Waals surface area contributed by atoms with E-state index in [0.29, 0.717) is 6.71 Å². The molecule has 0 atom stereocenters. The van der Waals surface area contributed by atoms with Crippen molar-refractivity contribution < 1.29 is 0 Å². The van der Waals surface area contributed by atoms with Crippen LogP contribution in [0, 0.1) is 0 Å². The molecule has 0 bridgehead atoms. The van der Waals surface area contributed by atoms with Crippen LogP contribution < -0.4 is 26.8 Å². The highest BCUT2D eigenvalue weighted by Crippen LogP contribution is 2.33. The molecule has 2 aliphatic heterocycles. The molecule has 0 unspecified atom stereocenters. The Hall–Kier alpha value is -1.62. The Kier molecular flexibility index (Phi) is 3.96. The minimum absolute atomic E-state index is 0.293. The molecule has 3 aromatic rings. The largest absolute Gasteiger partial charge is 0.240 e. The minimum Gasteiger partial charge on any atom is -0.0687 e. The van der Waals surface area contributed by atoms with Crippen molar-refractivity contribution in [2.24, 2.45) is 0 Å². The molecule has 3 aromatic carbocycles. The Bertz CT molecular complexity index is 1000. The molecule has 0 radical (unpaired) electrons. The predicted octanol–water partition coefficient (Wildman–Crippen LogP) is 2.73. The van der Waals surface area contributed by atoms with Gasteiger partial charge in [-0.25, -0.2) is 0 Å². The van der Waals surface area contributed by atoms with E-state index < -0.39 is 8.07 Å². The van der Waals surface area contributed by atoms with Gasteiger partial charge < -0.3 is 0 Å². The molecular formula is C22H15BBr2Si. The van der Waals surface area contributed by atoms with E-state index in [1.807, 2.05) is 0 Å². The molecular weight excluding hydrogens is 463 g/mol. The minimum atomic E-state index is -2.08. The molecule has 5 rings (SSSR count). The van der Waals surface area contributed by atoms with Gasteiger partial charge in [0, 0.05) is 8.96 Å². The maximum absolute atomic E-state index is 3.76. The average Bonchev–Trinajstić information content (AvgIpc) is 2.98. The second kappa shape index (κ2) is 6.22. The summed E-state index contributed by atoms with van der Waals surface area (Å²) < 4.78 is 2.35. The third-order valence-electron chi connectivity index (χ3n) is 5.50. The summed E-state index contributed by atoms with van der Waals surface area (Å²) >= 11 is 7.52. The first-order valence-corrected chi connectivity index (χ1v) is 12.5. The second-order valence-corrected chi connectivity index (χ2v) is 12.0. The zero-order chi connectivity index (χ0) is 17.7. The lowest BCUT2D eigenvalue weighted by molar-refractivity contribution is 1.71. The van der Waals surface area contributed by atoms with Gasteiger partial charge in [0.25, 0.3) is 0 Å². The first-order valence-electron chi connectivity index (χ1n) is 8.71. The monoisotopic (exact) mass is 476 g/mol. The molecule has 2 aliphatic rings. The number of halogens is 2. The van der Waals surface area contributed by atoms with E-state index in [0.717, 1.165) is 0 Å². The lowest BCUT2D eigenvalue weighted by atomic mass is 9.36. The van der Waals surface area contributed by atoms with Crippen molar-refractivity contribution in [1.29, 1.82) is 0 Å². The molecule has 0 nitrogen and oxygen atoms in total. The first kappa shape index (κ1) is 16.5. The van der Waals surface area contributed by atoms with Crippen molar-refractivity contribution in [3.8, 4) is 0 Å². The summed E-state index contributed by atoms with van der Waals surface area (Å²) in [6, 6.07) is 28.9. The van der Waals surface area contributed by atoms with Crippen LogP contribution in [0.5, 0.6) is 0 Å². The van der Waals surface area contributed by atoms with Gasteiger partial charge in [-0.1, -0.05) is 149 Å². The Balaban J connectivity index is 1.88. The molecule has 0 amide bonds. The van der Waals surface area contributed by atoms with Crippen molar-refractivity contribution >= 4 is 73.4 Å². The van der Waals surface area contributed by atoms with Crippen LogP contribution in [-0.2, 0) is 0 Å². The highest BCUT2D eigenvalue weighted by atomic mass is 79.9. The molecule has 124 valence electrons. The standard InChI is InChI=1S/C22H15BBr2Si/c24-19-14-26(15-20(19)25)21-12-6-4-10-17(21)23(16-8-2-1-3-9-16)18-11-5-7-13-22(18)26/h1-15H. The summed E-state index contributed by atoms with van der Waals surface area (Å²) in [6.07, 6.45) is 0. The zero-order valence-corrected chi connectivity index (χ0v) is 18.2. The van der Waals surface area contributed by atoms with Crippen LogP contribution in [0.3, 0.4) is 0 Å². The van der Waals surface area contributed by atoms with Gasteiger partial charge in [0.1, 0.15) is 0 Å². The van der Waals surface area contributed by atoms with Crippen molar-refractivity contribution in [3.05, 3.63) is 99.2 Å². The SMILES string of the molecule is BrC1=C[Si]2(C=C1Br)c1ccccc1B(c1ccccc1)c1ccccc12. The molecule has 1 spiro atoms. The molecule has 0 aliphatic carbocycles. The van der Waals surface area contributed by atoms with Crippen LogP contribution in [0.2, 0.25) is 0 Å². The summed E-state index contributed by atoms with van der Waals surface area (Å²) in [7, 11) is -2.08. The summed E-state index contributed by atoms with van der Waals surface area (Å²) in [6.45, 7) is 0.293. The maximum atomic E-state index is 3.76. The Morgan fingerprint density at radius 2 is 1.04 bits per heavy atom. The van der Waals surface area contributed by atoms with Crippen molar-refractivity contribution in [2.75, 3.05) is 0 Å². The fourth-order valence-corrected chi connectivity index (χ4v) is 11.5. The number of hydrogen-bond acceptors (Lipinski definition) is 0. The van der Waals surface area contributed by atoms with Gasteiger partial charge in [-0.05, 0) is 0 Å². The molecule has 26 heavy (non-hydrogen) atoms. The van der Waals surface area contributed by atoms with Crippen molar-refractivity contribution in [3.63, 3.8) is 0 Å². The van der Waals surface area contributed by atoms with Gasteiger partial charge in [0.2, 0.25) is 6.71 Å². The lowest BCUT2D eigenvalue weighted by Crippen LogP contribution is -2.77. The van der Waals surface area contributed by atoms with E-state index in [9.17, 15) is 0 Å². The third-order valence-corrected chi connectivity index (χ3v) is 12.4. The van der Waals surface area contributed by atoms with Crippen LogP contribution in [0.4, 0.5) is 0 Å². The van der Waals surface area contributed by atoms with Crippen LogP contribution in [0.1, 0.15) is 0 Å². The topological polar surface area (TPSA) is 0 Å². The number of allylic oxidation sites excluding steroid dienone is 2. The van der Waals surface area contributed by atoms with Gasteiger partial charge in [0.15, 0.2) is 8.07 Å². The Morgan fingerprint density at radius 1 is 0.577 bits per heavy atom. The van der Waals surface area contributed by atoms with Crippen molar-refractivity contribution in [1.82, 2.24) is 0 Å². The molecule has 0 saturated heterocycles. The summed E-state index contributed by atoms with van der Waals surface area (Å²) in [5.41, 5.74) is 9.19. The number of fused-ring (bicyclic) bond motifs is 4. The van der Waals surface area contributed by atoms with E-state index >= 15 is 0 Å². The van der Waals surface area contributed by atoms with Gasteiger partial charge in [-0.2, -0.15) is 0 Å². The molecule has 0 aromatic heterocycles. The fraction of sp³-hybridized carbons (Fsp3) is 0. The van der Waals surface area contributed by atoms with Crippen LogP contribution in [0.25, 0.3) is 0 Å². The first-order chi connectivity index (χ1) is 12.7. The number of hydrogen-bond donors (Lipinski definition) is 0. The molecule has 0 fully saturated rings. The van der Waals surface area contributed by atoms with E-state index in [1.165, 1.54) is 35.7 Å². The molecule has 2 heterocycles. The van der Waals surface area contributed by atoms with E-state index in [1.54, 1.807) is 0 Å². The Labute approximate surface area is 172 Å². The van der Waals surface area contributed by atoms with Gasteiger partial charge in [-0.3, -0.25) is 0 Å². The summed E-state index contributed by atoms with van der Waals surface area (Å²) in [5.74, 6) is 0. The summed E-state index contributed by atoms with van der Waals surface area (Å²) in [4.78, 5) is 0. The van der Waals surface area contributed by atoms with Crippen LogP contribution in [-0.4, -0.2) is 14.8 Å². The van der Waals surface area contributed by atoms with E-state index in [-0.39, 0.29) is 0 Å². The summed E-state index contributed by atoms with van der Waals surface area (Å²) in [5, 5.41) is 3.00. The van der Waals surface area contributed by atoms with E-state index in [2.05, 4.69) is 122 Å². The fourth-order valence-electron chi connectivity index (χ4n) is 4.46. The van der Waals surface area contributed by atoms with Crippen molar-refractivity contribution in [2.45, 2.75) is 0 Å². The third kappa shape index (κ3) is 2.32. The predicted molar refractivity (Wildman–Crippen MR) is 123 cm³/mol. The molecule has 0 saturated carbocycles. The highest BCUT2D eigenvalue weighted by molar-refractivity contribution is 9.15. The van der Waals surface area contributed by atoms with E-state index in [4.69, 9.17) is 0 Å². The van der Waals surface area contributed by atoms with Gasteiger partial charge in [-0.15, -0.1) is 0 Å². The lowest BCUT2D eigenvalue weighted by Gasteiger charge is -2.37. The normalized spacial score (nSPS) is 16.8. The van der Waals surface area contributed by atoms with Gasteiger partial charge >= 0.3 is 0 Å². The smallest absolute Gasteiger partial charge is 0.0687 e. The second-order valence-electron chi connectivity index (χ2n) is 6.87.